The number of pyridine rings is 1. The van der Waals surface area contributed by atoms with E-state index in [1.54, 1.807) is 12.3 Å². The van der Waals surface area contributed by atoms with Gasteiger partial charge in [-0.3, -0.25) is 0 Å². The number of hydrogen-bond donors (Lipinski definition) is 2. The zero-order chi connectivity index (χ0) is 12.8. The Labute approximate surface area is 108 Å². The molecule has 0 amide bonds. The van der Waals surface area contributed by atoms with E-state index in [2.05, 4.69) is 15.2 Å². The van der Waals surface area contributed by atoms with Crippen LogP contribution in [0, 0.1) is 11.3 Å². The molecule has 0 aliphatic carbocycles. The molecular weight excluding hydrogens is 226 g/mol. The van der Waals surface area contributed by atoms with Gasteiger partial charge >= 0.3 is 0 Å². The second-order valence-electron chi connectivity index (χ2n) is 4.60. The fourth-order valence-corrected chi connectivity index (χ4v) is 2.21. The number of piperidine rings is 1. The van der Waals surface area contributed by atoms with Crippen molar-refractivity contribution in [2.24, 2.45) is 0 Å². The SMILES string of the molecule is N#Cc1cnc(NCCN2CCCCC2)c(N)c1. The van der Waals surface area contributed by atoms with Crippen molar-refractivity contribution < 1.29 is 0 Å². The summed E-state index contributed by atoms with van der Waals surface area (Å²) in [5.41, 5.74) is 6.86. The van der Waals surface area contributed by atoms with E-state index in [0.29, 0.717) is 17.1 Å². The van der Waals surface area contributed by atoms with E-state index in [4.69, 9.17) is 11.0 Å². The highest BCUT2D eigenvalue weighted by Gasteiger charge is 2.09. The van der Waals surface area contributed by atoms with Gasteiger partial charge in [-0.15, -0.1) is 0 Å². The number of likely N-dealkylation sites (tertiary alicyclic amines) is 1. The molecule has 1 aliphatic heterocycles. The Morgan fingerprint density at radius 1 is 1.39 bits per heavy atom. The summed E-state index contributed by atoms with van der Waals surface area (Å²) in [6, 6.07) is 3.67. The van der Waals surface area contributed by atoms with Crippen LogP contribution in [0.2, 0.25) is 0 Å². The van der Waals surface area contributed by atoms with Crippen molar-refractivity contribution in [3.05, 3.63) is 17.8 Å². The molecule has 0 saturated carbocycles. The van der Waals surface area contributed by atoms with Gasteiger partial charge in [0, 0.05) is 19.3 Å². The van der Waals surface area contributed by atoms with Gasteiger partial charge in [-0.05, 0) is 32.0 Å². The topological polar surface area (TPSA) is 78.0 Å². The average Bonchev–Trinajstić information content (AvgIpc) is 2.42. The van der Waals surface area contributed by atoms with E-state index in [9.17, 15) is 0 Å². The lowest BCUT2D eigenvalue weighted by atomic mass is 10.1. The zero-order valence-corrected chi connectivity index (χ0v) is 10.5. The van der Waals surface area contributed by atoms with Crippen LogP contribution in [0.4, 0.5) is 11.5 Å². The normalized spacial score (nSPS) is 16.2. The molecule has 2 heterocycles. The van der Waals surface area contributed by atoms with Crippen molar-refractivity contribution >= 4 is 11.5 Å². The van der Waals surface area contributed by atoms with Gasteiger partial charge in [0.05, 0.1) is 11.3 Å². The van der Waals surface area contributed by atoms with E-state index in [-0.39, 0.29) is 0 Å². The summed E-state index contributed by atoms with van der Waals surface area (Å²) in [7, 11) is 0. The lowest BCUT2D eigenvalue weighted by molar-refractivity contribution is 0.237. The first-order valence-electron chi connectivity index (χ1n) is 6.41. The molecule has 5 nitrogen and oxygen atoms in total. The molecule has 3 N–H and O–H groups in total. The average molecular weight is 245 g/mol. The van der Waals surface area contributed by atoms with Crippen LogP contribution in [0.3, 0.4) is 0 Å². The van der Waals surface area contributed by atoms with Crippen molar-refractivity contribution in [3.8, 4) is 6.07 Å². The smallest absolute Gasteiger partial charge is 0.149 e. The number of nitriles is 1. The molecule has 5 heteroatoms. The summed E-state index contributed by atoms with van der Waals surface area (Å²) in [5.74, 6) is 0.672. The Hall–Kier alpha value is -1.80. The second-order valence-corrected chi connectivity index (χ2v) is 4.60. The fourth-order valence-electron chi connectivity index (χ4n) is 2.21. The molecule has 2 rings (SSSR count). The summed E-state index contributed by atoms with van der Waals surface area (Å²) in [6.07, 6.45) is 5.50. The highest BCUT2D eigenvalue weighted by atomic mass is 15.1. The first kappa shape index (κ1) is 12.7. The molecular formula is C13H19N5. The van der Waals surface area contributed by atoms with Crippen molar-refractivity contribution in [1.82, 2.24) is 9.88 Å². The Morgan fingerprint density at radius 2 is 2.17 bits per heavy atom. The molecule has 1 aliphatic rings. The predicted octanol–water partition coefficient (Wildman–Crippen LogP) is 1.43. The van der Waals surface area contributed by atoms with E-state index >= 15 is 0 Å². The number of nitrogens with one attached hydrogen (secondary N) is 1. The minimum absolute atomic E-state index is 0.495. The minimum atomic E-state index is 0.495. The first-order valence-corrected chi connectivity index (χ1v) is 6.41. The van der Waals surface area contributed by atoms with Crippen LogP contribution in [0.25, 0.3) is 0 Å². The van der Waals surface area contributed by atoms with Crippen LogP contribution in [0.1, 0.15) is 24.8 Å². The molecule has 0 bridgehead atoms. The molecule has 96 valence electrons. The van der Waals surface area contributed by atoms with Crippen LogP contribution < -0.4 is 11.1 Å². The third-order valence-electron chi connectivity index (χ3n) is 3.22. The number of nitrogens with two attached hydrogens (primary N) is 1. The van der Waals surface area contributed by atoms with Crippen molar-refractivity contribution in [1.29, 1.82) is 5.26 Å². The highest BCUT2D eigenvalue weighted by molar-refractivity contribution is 5.62. The third-order valence-corrected chi connectivity index (χ3v) is 3.22. The molecule has 18 heavy (non-hydrogen) atoms. The van der Waals surface area contributed by atoms with Gasteiger partial charge in [-0.2, -0.15) is 5.26 Å². The number of aromatic nitrogens is 1. The van der Waals surface area contributed by atoms with Crippen LogP contribution >= 0.6 is 0 Å². The lowest BCUT2D eigenvalue weighted by Gasteiger charge is -2.26. The second kappa shape index (κ2) is 6.22. The maximum atomic E-state index is 8.73. The van der Waals surface area contributed by atoms with Crippen LogP contribution in [-0.4, -0.2) is 36.1 Å². The number of hydrogen-bond acceptors (Lipinski definition) is 5. The molecule has 0 aromatic carbocycles. The first-order chi connectivity index (χ1) is 8.79. The number of nitrogen functional groups attached to an aromatic ring is 1. The van der Waals surface area contributed by atoms with Crippen LogP contribution in [-0.2, 0) is 0 Å². The van der Waals surface area contributed by atoms with E-state index < -0.39 is 0 Å². The standard InChI is InChI=1S/C13H19N5/c14-9-11-8-12(15)13(17-10-11)16-4-7-18-5-2-1-3-6-18/h8,10H,1-7,15H2,(H,16,17). The molecule has 0 atom stereocenters. The van der Waals surface area contributed by atoms with Crippen molar-refractivity contribution in [2.45, 2.75) is 19.3 Å². The Bertz CT molecular complexity index is 431. The summed E-state index contributed by atoms with van der Waals surface area (Å²) in [5, 5.41) is 12.0. The van der Waals surface area contributed by atoms with Crippen molar-refractivity contribution in [2.75, 3.05) is 37.2 Å². The quantitative estimate of drug-likeness (QED) is 0.839. The van der Waals surface area contributed by atoms with Gasteiger partial charge in [0.2, 0.25) is 0 Å². The van der Waals surface area contributed by atoms with Crippen LogP contribution in [0.5, 0.6) is 0 Å². The summed E-state index contributed by atoms with van der Waals surface area (Å²) >= 11 is 0. The molecule has 0 spiro atoms. The van der Waals surface area contributed by atoms with Gasteiger partial charge < -0.3 is 16.0 Å². The van der Waals surface area contributed by atoms with Gasteiger partial charge in [-0.25, -0.2) is 4.98 Å². The number of anilines is 2. The Morgan fingerprint density at radius 3 is 2.83 bits per heavy atom. The number of rotatable bonds is 4. The molecule has 0 unspecified atom stereocenters. The number of nitrogens with zero attached hydrogens (tertiary/aromatic N) is 3. The molecule has 1 aromatic rings. The molecule has 1 fully saturated rings. The predicted molar refractivity (Wildman–Crippen MR) is 72.1 cm³/mol. The summed E-state index contributed by atoms with van der Waals surface area (Å²) in [4.78, 5) is 6.61. The molecule has 1 aromatic heterocycles. The van der Waals surface area contributed by atoms with Gasteiger partial charge in [0.1, 0.15) is 11.9 Å². The van der Waals surface area contributed by atoms with Gasteiger partial charge in [0.15, 0.2) is 0 Å². The molecule has 1 saturated heterocycles. The minimum Gasteiger partial charge on any atom is -0.396 e. The largest absolute Gasteiger partial charge is 0.396 e. The van der Waals surface area contributed by atoms with E-state index in [0.717, 1.165) is 13.1 Å². The maximum Gasteiger partial charge on any atom is 0.149 e. The third kappa shape index (κ3) is 3.34. The van der Waals surface area contributed by atoms with Gasteiger partial charge in [0.25, 0.3) is 0 Å². The summed E-state index contributed by atoms with van der Waals surface area (Å²) in [6.45, 7) is 4.24. The van der Waals surface area contributed by atoms with Crippen molar-refractivity contribution in [3.63, 3.8) is 0 Å². The summed E-state index contributed by atoms with van der Waals surface area (Å²) < 4.78 is 0. The fraction of sp³-hybridized carbons (Fsp3) is 0.538. The Kier molecular flexibility index (Phi) is 4.37. The lowest BCUT2D eigenvalue weighted by Crippen LogP contribution is -2.33. The van der Waals surface area contributed by atoms with Gasteiger partial charge in [-0.1, -0.05) is 6.42 Å². The van der Waals surface area contributed by atoms with Crippen LogP contribution in [0.15, 0.2) is 12.3 Å². The monoisotopic (exact) mass is 245 g/mol. The molecule has 0 radical (unpaired) electrons. The Balaban J connectivity index is 1.81. The maximum absolute atomic E-state index is 8.73. The van der Waals surface area contributed by atoms with E-state index in [1.165, 1.54) is 32.4 Å². The van der Waals surface area contributed by atoms with E-state index in [1.807, 2.05) is 6.07 Å². The zero-order valence-electron chi connectivity index (χ0n) is 10.5. The highest BCUT2D eigenvalue weighted by Crippen LogP contribution is 2.15.